The number of aromatic nitrogens is 2. The Balaban J connectivity index is 2.06. The predicted octanol–water partition coefficient (Wildman–Crippen LogP) is 0.519. The molecule has 1 saturated heterocycles. The van der Waals surface area contributed by atoms with Crippen molar-refractivity contribution in [3.8, 4) is 0 Å². The number of aromatic amines is 1. The van der Waals surface area contributed by atoms with Crippen LogP contribution >= 0.6 is 0 Å². The first-order chi connectivity index (χ1) is 9.54. The number of hydrogen-bond donors (Lipinski definition) is 2. The molecule has 1 unspecified atom stereocenters. The zero-order valence-electron chi connectivity index (χ0n) is 12.5. The van der Waals surface area contributed by atoms with Crippen molar-refractivity contribution >= 4 is 0 Å². The third kappa shape index (κ3) is 4.40. The fourth-order valence-corrected chi connectivity index (χ4v) is 2.20. The van der Waals surface area contributed by atoms with Gasteiger partial charge in [0.15, 0.2) is 0 Å². The molecule has 1 aromatic rings. The van der Waals surface area contributed by atoms with Gasteiger partial charge in [-0.3, -0.25) is 4.79 Å². The van der Waals surface area contributed by atoms with Gasteiger partial charge in [0.2, 0.25) is 0 Å². The molecule has 112 valence electrons. The van der Waals surface area contributed by atoms with Gasteiger partial charge in [0.25, 0.3) is 5.56 Å². The van der Waals surface area contributed by atoms with E-state index in [1.54, 1.807) is 6.07 Å². The van der Waals surface area contributed by atoms with E-state index in [2.05, 4.69) is 34.0 Å². The first-order valence-corrected chi connectivity index (χ1v) is 7.15. The summed E-state index contributed by atoms with van der Waals surface area (Å²) in [4.78, 5) is 21.2. The van der Waals surface area contributed by atoms with E-state index in [1.807, 2.05) is 7.05 Å². The highest BCUT2D eigenvalue weighted by atomic mass is 16.5. The zero-order chi connectivity index (χ0) is 14.5. The van der Waals surface area contributed by atoms with Crippen molar-refractivity contribution in [1.82, 2.24) is 20.2 Å². The highest BCUT2D eigenvalue weighted by molar-refractivity contribution is 5.05. The lowest BCUT2D eigenvalue weighted by Crippen LogP contribution is -2.37. The molecule has 1 aliphatic heterocycles. The highest BCUT2D eigenvalue weighted by Crippen LogP contribution is 2.17. The second-order valence-electron chi connectivity index (χ2n) is 5.77. The fourth-order valence-electron chi connectivity index (χ4n) is 2.20. The Morgan fingerprint density at radius 1 is 1.60 bits per heavy atom. The molecule has 0 spiro atoms. The molecule has 0 amide bonds. The van der Waals surface area contributed by atoms with E-state index in [9.17, 15) is 4.79 Å². The molecule has 6 heteroatoms. The van der Waals surface area contributed by atoms with Crippen LogP contribution in [-0.4, -0.2) is 48.2 Å². The maximum Gasteiger partial charge on any atom is 0.251 e. The molecule has 1 atom stereocenters. The van der Waals surface area contributed by atoms with Gasteiger partial charge in [-0.1, -0.05) is 13.8 Å². The largest absolute Gasteiger partial charge is 0.368 e. The Hall–Kier alpha value is -1.24. The van der Waals surface area contributed by atoms with Crippen LogP contribution in [0.3, 0.4) is 0 Å². The maximum absolute atomic E-state index is 11.7. The monoisotopic (exact) mass is 280 g/mol. The van der Waals surface area contributed by atoms with Crippen molar-refractivity contribution in [3.63, 3.8) is 0 Å². The number of nitrogens with one attached hydrogen (secondary N) is 2. The molecule has 20 heavy (non-hydrogen) atoms. The Morgan fingerprint density at radius 2 is 2.40 bits per heavy atom. The highest BCUT2D eigenvalue weighted by Gasteiger charge is 2.22. The summed E-state index contributed by atoms with van der Waals surface area (Å²) in [6.45, 7) is 8.15. The van der Waals surface area contributed by atoms with E-state index < -0.39 is 0 Å². The average Bonchev–Trinajstić information content (AvgIpc) is 2.37. The van der Waals surface area contributed by atoms with Gasteiger partial charge in [0.1, 0.15) is 11.9 Å². The molecule has 0 radical (unpaired) electrons. The van der Waals surface area contributed by atoms with Crippen LogP contribution in [0.2, 0.25) is 0 Å². The normalized spacial score (nSPS) is 20.5. The summed E-state index contributed by atoms with van der Waals surface area (Å²) in [5.74, 6) is 1.21. The number of ether oxygens (including phenoxy) is 1. The molecule has 0 saturated carbocycles. The van der Waals surface area contributed by atoms with Crippen LogP contribution in [0.25, 0.3) is 0 Å². The first-order valence-electron chi connectivity index (χ1n) is 7.15. The summed E-state index contributed by atoms with van der Waals surface area (Å²) in [6.07, 6.45) is -0.147. The van der Waals surface area contributed by atoms with Gasteiger partial charge in [0.05, 0.1) is 12.3 Å². The second-order valence-corrected chi connectivity index (χ2v) is 5.77. The molecule has 0 aliphatic carbocycles. The molecule has 1 fully saturated rings. The van der Waals surface area contributed by atoms with Crippen molar-refractivity contribution < 1.29 is 4.74 Å². The number of H-pyrrole nitrogens is 1. The topological polar surface area (TPSA) is 70.2 Å². The minimum atomic E-state index is -0.147. The molecule has 6 nitrogen and oxygen atoms in total. The van der Waals surface area contributed by atoms with Gasteiger partial charge in [-0.25, -0.2) is 4.98 Å². The Kier molecular flexibility index (Phi) is 5.28. The lowest BCUT2D eigenvalue weighted by atomic mass is 10.2. The minimum Gasteiger partial charge on any atom is -0.368 e. The van der Waals surface area contributed by atoms with Crippen molar-refractivity contribution in [1.29, 1.82) is 0 Å². The quantitative estimate of drug-likeness (QED) is 0.823. The first kappa shape index (κ1) is 15.2. The van der Waals surface area contributed by atoms with Crippen molar-refractivity contribution in [2.75, 3.05) is 33.3 Å². The molecule has 1 aromatic heterocycles. The number of rotatable bonds is 5. The lowest BCUT2D eigenvalue weighted by Gasteiger charge is -2.29. The van der Waals surface area contributed by atoms with Gasteiger partial charge in [-0.2, -0.15) is 0 Å². The summed E-state index contributed by atoms with van der Waals surface area (Å²) in [5, 5.41) is 3.30. The number of nitrogens with zero attached hydrogens (tertiary/aromatic N) is 2. The van der Waals surface area contributed by atoms with Crippen molar-refractivity contribution in [2.24, 2.45) is 5.92 Å². The zero-order valence-corrected chi connectivity index (χ0v) is 12.5. The summed E-state index contributed by atoms with van der Waals surface area (Å²) in [5.41, 5.74) is 0.648. The predicted molar refractivity (Wildman–Crippen MR) is 77.6 cm³/mol. The molecule has 0 aromatic carbocycles. The van der Waals surface area contributed by atoms with E-state index in [0.717, 1.165) is 25.3 Å². The van der Waals surface area contributed by atoms with Gasteiger partial charge >= 0.3 is 0 Å². The third-order valence-electron chi connectivity index (χ3n) is 3.25. The van der Waals surface area contributed by atoms with Crippen molar-refractivity contribution in [2.45, 2.75) is 26.5 Å². The lowest BCUT2D eigenvalue weighted by molar-refractivity contribution is -0.0257. The van der Waals surface area contributed by atoms with Crippen molar-refractivity contribution in [3.05, 3.63) is 27.9 Å². The Labute approximate surface area is 119 Å². The summed E-state index contributed by atoms with van der Waals surface area (Å²) in [7, 11) is 2.04. The molecular weight excluding hydrogens is 256 g/mol. The van der Waals surface area contributed by atoms with Gasteiger partial charge in [-0.05, 0) is 19.5 Å². The molecular formula is C14H24N4O2. The molecule has 2 heterocycles. The maximum atomic E-state index is 11.7. The van der Waals surface area contributed by atoms with Crippen LogP contribution in [-0.2, 0) is 11.3 Å². The van der Waals surface area contributed by atoms with Gasteiger partial charge in [-0.15, -0.1) is 0 Å². The van der Waals surface area contributed by atoms with E-state index in [0.29, 0.717) is 24.9 Å². The summed E-state index contributed by atoms with van der Waals surface area (Å²) >= 11 is 0. The number of likely N-dealkylation sites (N-methyl/N-ethyl adjacent to an activating group) is 1. The summed E-state index contributed by atoms with van der Waals surface area (Å²) < 4.78 is 5.69. The second kappa shape index (κ2) is 6.97. The molecule has 1 aliphatic rings. The van der Waals surface area contributed by atoms with E-state index >= 15 is 0 Å². The molecule has 0 bridgehead atoms. The SMILES string of the molecule is CC(C)CNCc1cc(=O)[nH]c(C2CN(C)CCO2)n1. The van der Waals surface area contributed by atoms with Gasteiger partial charge in [0, 0.05) is 25.7 Å². The Morgan fingerprint density at radius 3 is 3.10 bits per heavy atom. The van der Waals surface area contributed by atoms with Gasteiger partial charge < -0.3 is 19.9 Å². The molecule has 2 rings (SSSR count). The van der Waals surface area contributed by atoms with Crippen LogP contribution in [0.5, 0.6) is 0 Å². The smallest absolute Gasteiger partial charge is 0.251 e. The third-order valence-corrected chi connectivity index (χ3v) is 3.25. The Bertz CT molecular complexity index is 486. The number of hydrogen-bond acceptors (Lipinski definition) is 5. The van der Waals surface area contributed by atoms with Crippen LogP contribution < -0.4 is 10.9 Å². The van der Waals surface area contributed by atoms with Crippen LogP contribution in [0.4, 0.5) is 0 Å². The van der Waals surface area contributed by atoms with Crippen LogP contribution in [0.15, 0.2) is 10.9 Å². The summed E-state index contributed by atoms with van der Waals surface area (Å²) in [6, 6.07) is 1.55. The van der Waals surface area contributed by atoms with Crippen LogP contribution in [0, 0.1) is 5.92 Å². The minimum absolute atomic E-state index is 0.117. The average molecular weight is 280 g/mol. The van der Waals surface area contributed by atoms with E-state index in [-0.39, 0.29) is 11.7 Å². The molecule has 2 N–H and O–H groups in total. The van der Waals surface area contributed by atoms with E-state index in [1.165, 1.54) is 0 Å². The standard InChI is InChI=1S/C14H24N4O2/c1-10(2)7-15-8-11-6-13(19)17-14(16-11)12-9-18(3)4-5-20-12/h6,10,12,15H,4-5,7-9H2,1-3H3,(H,16,17,19). The number of morpholine rings is 1. The van der Waals surface area contributed by atoms with Crippen LogP contribution in [0.1, 0.15) is 31.5 Å². The van der Waals surface area contributed by atoms with E-state index in [4.69, 9.17) is 4.74 Å². The fraction of sp³-hybridized carbons (Fsp3) is 0.714.